The van der Waals surface area contributed by atoms with Crippen LogP contribution in [0.3, 0.4) is 0 Å². The highest BCUT2D eigenvalue weighted by atomic mass is 79.9. The van der Waals surface area contributed by atoms with E-state index in [1.807, 2.05) is 0 Å². The molecule has 1 saturated heterocycles. The van der Waals surface area contributed by atoms with Crippen molar-refractivity contribution in [2.75, 3.05) is 30.3 Å². The Bertz CT molecular complexity index is 838. The molecule has 13 heteroatoms. The molecular weight excluding hydrogens is 457 g/mol. The number of aromatic nitrogens is 2. The summed E-state index contributed by atoms with van der Waals surface area (Å²) in [6.45, 7) is 1.82. The number of amidine groups is 1. The molecule has 28 heavy (non-hydrogen) atoms. The van der Waals surface area contributed by atoms with Gasteiger partial charge in [-0.3, -0.25) is 0 Å². The summed E-state index contributed by atoms with van der Waals surface area (Å²) in [5.74, 6) is 0.0582. The van der Waals surface area contributed by atoms with Gasteiger partial charge in [-0.05, 0) is 63.2 Å². The Morgan fingerprint density at radius 2 is 2.36 bits per heavy atom. The lowest BCUT2D eigenvalue weighted by molar-refractivity contribution is 0.274. The van der Waals surface area contributed by atoms with Crippen LogP contribution < -0.4 is 15.8 Å². The van der Waals surface area contributed by atoms with Crippen LogP contribution in [0.2, 0.25) is 0 Å². The molecule has 2 atom stereocenters. The number of piperidine rings is 1. The van der Waals surface area contributed by atoms with Crippen LogP contribution in [0.25, 0.3) is 0 Å². The summed E-state index contributed by atoms with van der Waals surface area (Å²) >= 11 is 1.61. The smallest absolute Gasteiger partial charge is 0.203 e. The molecule has 152 valence electrons. The van der Waals surface area contributed by atoms with Crippen molar-refractivity contribution < 1.29 is 18.8 Å². The number of hydrogen-bond donors (Lipinski definition) is 4. The predicted octanol–water partition coefficient (Wildman–Crippen LogP) is 1.88. The molecule has 0 amide bonds. The van der Waals surface area contributed by atoms with Gasteiger partial charge in [0.2, 0.25) is 11.7 Å². The second-order valence-corrected chi connectivity index (χ2v) is 8.14. The van der Waals surface area contributed by atoms with E-state index in [2.05, 4.69) is 42.0 Å². The first-order chi connectivity index (χ1) is 13.5. The van der Waals surface area contributed by atoms with Gasteiger partial charge in [0.05, 0.1) is 11.0 Å². The molecule has 0 radical (unpaired) electrons. The first-order valence-electron chi connectivity index (χ1n) is 8.40. The Morgan fingerprint density at radius 3 is 3.07 bits per heavy atom. The first kappa shape index (κ1) is 20.8. The lowest BCUT2D eigenvalue weighted by atomic mass is 10.00. The van der Waals surface area contributed by atoms with E-state index in [-0.39, 0.29) is 27.7 Å². The molecule has 1 aromatic heterocycles. The second-order valence-electron chi connectivity index (χ2n) is 6.22. The van der Waals surface area contributed by atoms with E-state index in [0.29, 0.717) is 25.3 Å². The quantitative estimate of drug-likeness (QED) is 0.161. The number of rotatable bonds is 6. The number of hydrogen-bond acceptors (Lipinski definition) is 9. The van der Waals surface area contributed by atoms with Gasteiger partial charge in [-0.2, -0.15) is 0 Å². The van der Waals surface area contributed by atoms with Gasteiger partial charge in [0, 0.05) is 18.8 Å². The van der Waals surface area contributed by atoms with Crippen molar-refractivity contribution >= 4 is 44.8 Å². The zero-order valence-corrected chi connectivity index (χ0v) is 17.0. The van der Waals surface area contributed by atoms with Crippen LogP contribution in [0.4, 0.5) is 15.9 Å². The molecule has 1 aliphatic heterocycles. The highest BCUT2D eigenvalue weighted by molar-refractivity contribution is 9.10. The van der Waals surface area contributed by atoms with Gasteiger partial charge in [-0.15, -0.1) is 9.44 Å². The number of nitrogens with one attached hydrogen (secondary N) is 2. The summed E-state index contributed by atoms with van der Waals surface area (Å²) in [6, 6.07) is 4.23. The maximum Gasteiger partial charge on any atom is 0.203 e. The Balaban J connectivity index is 1.65. The third kappa shape index (κ3) is 5.11. The Hall–Kier alpha value is -1.93. The van der Waals surface area contributed by atoms with E-state index in [9.17, 15) is 14.2 Å². The number of benzene rings is 1. The molecule has 0 aliphatic carbocycles. The lowest BCUT2D eigenvalue weighted by Crippen LogP contribution is -2.44. The van der Waals surface area contributed by atoms with E-state index < -0.39 is 17.4 Å². The molecule has 2 aromatic rings. The van der Waals surface area contributed by atoms with Gasteiger partial charge in [-0.25, -0.2) is 9.02 Å². The van der Waals surface area contributed by atoms with Gasteiger partial charge in [0.25, 0.3) is 0 Å². The highest BCUT2D eigenvalue weighted by Gasteiger charge is 2.27. The third-order valence-corrected chi connectivity index (χ3v) is 5.74. The average Bonchev–Trinajstić information content (AvgIpc) is 3.16. The summed E-state index contributed by atoms with van der Waals surface area (Å²) in [4.78, 5) is 0. The number of oxime groups is 1. The number of nitrogens with zero attached hydrogens (tertiary/aromatic N) is 4. The topological polar surface area (TPSA) is 148 Å². The molecule has 2 heterocycles. The Morgan fingerprint density at radius 1 is 1.54 bits per heavy atom. The molecule has 1 aromatic carbocycles. The van der Waals surface area contributed by atoms with Crippen molar-refractivity contribution in [3.05, 3.63) is 34.2 Å². The van der Waals surface area contributed by atoms with E-state index in [0.717, 1.165) is 12.8 Å². The number of halogens is 2. The summed E-state index contributed by atoms with van der Waals surface area (Å²) in [5.41, 5.74) is 0.640. The standard InChI is InChI=1S/C15H19BrFN7O3S/c16-11-6-10(3-4-12(11)17)20-15(21-25)13-14(23-27-22-13)19-7-9-2-1-5-24(8-9)28(18)26/h3-4,6,9,25H,1-2,5,7-8,18H2,(H,19,23)(H,20,21). The van der Waals surface area contributed by atoms with E-state index in [4.69, 9.17) is 9.77 Å². The van der Waals surface area contributed by atoms with Crippen LogP contribution >= 0.6 is 15.9 Å². The minimum Gasteiger partial charge on any atom is -0.579 e. The second kappa shape index (κ2) is 9.52. The van der Waals surface area contributed by atoms with Crippen molar-refractivity contribution in [3.63, 3.8) is 0 Å². The molecular formula is C15H19BrFN7O3S. The summed E-state index contributed by atoms with van der Waals surface area (Å²) in [6.07, 6.45) is 1.84. The fourth-order valence-electron chi connectivity index (χ4n) is 2.90. The Labute approximate surface area is 171 Å². The number of anilines is 2. The normalized spacial score (nSPS) is 19.4. The van der Waals surface area contributed by atoms with Crippen LogP contribution in [-0.2, 0) is 11.5 Å². The van der Waals surface area contributed by atoms with Crippen molar-refractivity contribution in [1.29, 1.82) is 0 Å². The van der Waals surface area contributed by atoms with Crippen LogP contribution in [0.5, 0.6) is 0 Å². The molecule has 5 N–H and O–H groups in total. The molecule has 2 unspecified atom stereocenters. The maximum absolute atomic E-state index is 13.4. The monoisotopic (exact) mass is 475 g/mol. The minimum atomic E-state index is -1.49. The number of nitrogens with two attached hydrogens (primary N) is 1. The van der Waals surface area contributed by atoms with Gasteiger partial charge in [0.15, 0.2) is 5.69 Å². The lowest BCUT2D eigenvalue weighted by Gasteiger charge is -2.30. The molecule has 1 aliphatic rings. The van der Waals surface area contributed by atoms with Gasteiger partial charge in [0.1, 0.15) is 17.4 Å². The van der Waals surface area contributed by atoms with Crippen LogP contribution in [0.1, 0.15) is 18.5 Å². The van der Waals surface area contributed by atoms with Gasteiger partial charge < -0.3 is 20.4 Å². The predicted molar refractivity (Wildman–Crippen MR) is 105 cm³/mol. The largest absolute Gasteiger partial charge is 0.579 e. The fourth-order valence-corrected chi connectivity index (χ4v) is 3.95. The fraction of sp³-hybridized carbons (Fsp3) is 0.400. The van der Waals surface area contributed by atoms with Gasteiger partial charge in [-0.1, -0.05) is 5.16 Å². The average molecular weight is 476 g/mol. The van der Waals surface area contributed by atoms with Crippen LogP contribution in [-0.4, -0.2) is 49.8 Å². The Kier molecular flexibility index (Phi) is 7.07. The van der Waals surface area contributed by atoms with Crippen LogP contribution in [0, 0.1) is 11.7 Å². The zero-order chi connectivity index (χ0) is 20.1. The van der Waals surface area contributed by atoms with E-state index in [1.165, 1.54) is 18.2 Å². The van der Waals surface area contributed by atoms with Gasteiger partial charge >= 0.3 is 0 Å². The van der Waals surface area contributed by atoms with Crippen molar-refractivity contribution in [2.45, 2.75) is 12.8 Å². The summed E-state index contributed by atoms with van der Waals surface area (Å²) < 4.78 is 31.6. The SMILES string of the molecule is N[S+]([O-])N1CCCC(CNc2nonc2/C(=N/O)Nc2ccc(F)c(Br)c2)C1. The molecule has 1 fully saturated rings. The van der Waals surface area contributed by atoms with E-state index in [1.54, 1.807) is 4.31 Å². The van der Waals surface area contributed by atoms with E-state index >= 15 is 0 Å². The minimum absolute atomic E-state index is 0.0180. The molecule has 3 rings (SSSR count). The molecule has 10 nitrogen and oxygen atoms in total. The molecule has 0 spiro atoms. The summed E-state index contributed by atoms with van der Waals surface area (Å²) in [5, 5.41) is 31.5. The highest BCUT2D eigenvalue weighted by Crippen LogP contribution is 2.22. The maximum atomic E-state index is 13.4. The van der Waals surface area contributed by atoms with Crippen molar-refractivity contribution in [3.8, 4) is 0 Å². The van der Waals surface area contributed by atoms with Crippen molar-refractivity contribution in [2.24, 2.45) is 16.2 Å². The van der Waals surface area contributed by atoms with Crippen molar-refractivity contribution in [1.82, 2.24) is 14.6 Å². The molecule has 0 bridgehead atoms. The zero-order valence-electron chi connectivity index (χ0n) is 14.6. The van der Waals surface area contributed by atoms with Crippen LogP contribution in [0.15, 0.2) is 32.5 Å². The third-order valence-electron chi connectivity index (χ3n) is 4.29. The molecule has 0 saturated carbocycles. The first-order valence-corrected chi connectivity index (χ1v) is 10.4. The summed E-state index contributed by atoms with van der Waals surface area (Å²) in [7, 11) is 0.